The molecule has 0 radical (unpaired) electrons. The Hall–Kier alpha value is -2.56. The van der Waals surface area contributed by atoms with Gasteiger partial charge in [0.2, 0.25) is 5.91 Å². The average molecular weight is 283 g/mol. The van der Waals surface area contributed by atoms with E-state index in [0.717, 1.165) is 22.4 Å². The summed E-state index contributed by atoms with van der Waals surface area (Å²) in [5.41, 5.74) is 1.92. The second kappa shape index (κ2) is 5.83. The van der Waals surface area contributed by atoms with Crippen molar-refractivity contribution in [2.24, 2.45) is 0 Å². The third kappa shape index (κ3) is 3.13. The molecule has 0 aliphatic carbocycles. The molecule has 5 nitrogen and oxygen atoms in total. The van der Waals surface area contributed by atoms with Crippen molar-refractivity contribution in [3.63, 3.8) is 0 Å². The monoisotopic (exact) mass is 283 g/mol. The van der Waals surface area contributed by atoms with Crippen LogP contribution in [0, 0.1) is 6.92 Å². The summed E-state index contributed by atoms with van der Waals surface area (Å²) in [5, 5.41) is 7.85. The number of nitrogens with zero attached hydrogens (tertiary/aromatic N) is 2. The number of carbonyl (C=O) groups is 1. The fourth-order valence-corrected chi connectivity index (χ4v) is 2.35. The zero-order valence-electron chi connectivity index (χ0n) is 11.9. The molecule has 0 spiro atoms. The van der Waals surface area contributed by atoms with Crippen LogP contribution in [0.15, 0.2) is 47.1 Å². The molecule has 0 aliphatic rings. The lowest BCUT2D eigenvalue weighted by molar-refractivity contribution is -0.121. The summed E-state index contributed by atoms with van der Waals surface area (Å²) in [6.45, 7) is 2.75. The van der Waals surface area contributed by atoms with Crippen LogP contribution in [-0.2, 0) is 17.8 Å². The minimum atomic E-state index is -0.00686. The van der Waals surface area contributed by atoms with E-state index in [-0.39, 0.29) is 5.91 Å². The number of rotatable bonds is 5. The molecule has 0 fully saturated rings. The molecule has 3 aromatic rings. The molecule has 5 heteroatoms. The lowest BCUT2D eigenvalue weighted by Crippen LogP contribution is -2.29. The van der Waals surface area contributed by atoms with Gasteiger partial charge in [0.25, 0.3) is 0 Å². The molecule has 0 unspecified atom stereocenters. The Morgan fingerprint density at radius 3 is 3.00 bits per heavy atom. The number of aromatic nitrogens is 2. The van der Waals surface area contributed by atoms with E-state index in [1.165, 1.54) is 0 Å². The van der Waals surface area contributed by atoms with Crippen molar-refractivity contribution < 1.29 is 9.32 Å². The van der Waals surface area contributed by atoms with Crippen LogP contribution in [-0.4, -0.2) is 22.2 Å². The van der Waals surface area contributed by atoms with Crippen molar-refractivity contribution in [3.8, 4) is 0 Å². The second-order valence-electron chi connectivity index (χ2n) is 5.04. The summed E-state index contributed by atoms with van der Waals surface area (Å²) >= 11 is 0. The van der Waals surface area contributed by atoms with Crippen LogP contribution in [0.5, 0.6) is 0 Å². The van der Waals surface area contributed by atoms with Gasteiger partial charge in [0.05, 0.1) is 5.69 Å². The van der Waals surface area contributed by atoms with Crippen LogP contribution in [0.3, 0.4) is 0 Å². The predicted octanol–water partition coefficient (Wildman–Crippen LogP) is 2.30. The van der Waals surface area contributed by atoms with E-state index < -0.39 is 0 Å². The van der Waals surface area contributed by atoms with Gasteiger partial charge in [0.1, 0.15) is 12.3 Å². The quantitative estimate of drug-likeness (QED) is 0.781. The number of hydrogen-bond acceptors (Lipinski definition) is 3. The van der Waals surface area contributed by atoms with Gasteiger partial charge in [-0.1, -0.05) is 23.4 Å². The van der Waals surface area contributed by atoms with Crippen molar-refractivity contribution in [3.05, 3.63) is 54.0 Å². The number of aryl methyl sites for hydroxylation is 1. The van der Waals surface area contributed by atoms with Crippen LogP contribution in [0.1, 0.15) is 11.5 Å². The summed E-state index contributed by atoms with van der Waals surface area (Å²) in [7, 11) is 0. The molecule has 1 N–H and O–H groups in total. The number of hydrogen-bond donors (Lipinski definition) is 1. The first-order valence-electron chi connectivity index (χ1n) is 6.95. The van der Waals surface area contributed by atoms with Crippen molar-refractivity contribution in [2.75, 3.05) is 6.54 Å². The molecule has 0 aliphatic heterocycles. The summed E-state index contributed by atoms with van der Waals surface area (Å²) in [6.07, 6.45) is 2.59. The largest absolute Gasteiger partial charge is 0.361 e. The minimum absolute atomic E-state index is 0.00686. The zero-order chi connectivity index (χ0) is 14.7. The normalized spacial score (nSPS) is 10.9. The number of fused-ring (bicyclic) bond motifs is 1. The molecule has 21 heavy (non-hydrogen) atoms. The number of nitrogens with one attached hydrogen (secondary N) is 1. The molecule has 0 atom stereocenters. The highest BCUT2D eigenvalue weighted by atomic mass is 16.5. The van der Waals surface area contributed by atoms with E-state index >= 15 is 0 Å². The van der Waals surface area contributed by atoms with Crippen LogP contribution in [0.4, 0.5) is 0 Å². The summed E-state index contributed by atoms with van der Waals surface area (Å²) < 4.78 is 7.05. The topological polar surface area (TPSA) is 60.1 Å². The van der Waals surface area contributed by atoms with Gasteiger partial charge in [-0.05, 0) is 24.4 Å². The molecule has 2 heterocycles. The maximum absolute atomic E-state index is 12.0. The lowest BCUT2D eigenvalue weighted by Gasteiger charge is -2.06. The number of amides is 1. The maximum Gasteiger partial charge on any atom is 0.239 e. The number of benzene rings is 1. The molecule has 3 rings (SSSR count). The number of carbonyl (C=O) groups excluding carboxylic acids is 1. The van der Waals surface area contributed by atoms with Crippen LogP contribution in [0.25, 0.3) is 10.9 Å². The van der Waals surface area contributed by atoms with E-state index in [1.807, 2.05) is 54.1 Å². The van der Waals surface area contributed by atoms with Crippen LogP contribution >= 0.6 is 0 Å². The molecular formula is C16H17N3O2. The van der Waals surface area contributed by atoms with Gasteiger partial charge in [-0.3, -0.25) is 4.79 Å². The van der Waals surface area contributed by atoms with Crippen molar-refractivity contribution in [1.82, 2.24) is 15.0 Å². The summed E-state index contributed by atoms with van der Waals surface area (Å²) in [6, 6.07) is 11.9. The lowest BCUT2D eigenvalue weighted by atomic mass is 10.2. The Morgan fingerprint density at radius 1 is 1.33 bits per heavy atom. The number of para-hydroxylation sites is 1. The van der Waals surface area contributed by atoms with Gasteiger partial charge < -0.3 is 14.4 Å². The van der Waals surface area contributed by atoms with E-state index in [0.29, 0.717) is 19.5 Å². The van der Waals surface area contributed by atoms with Crippen LogP contribution in [0.2, 0.25) is 0 Å². The van der Waals surface area contributed by atoms with E-state index in [1.54, 1.807) is 0 Å². The first-order chi connectivity index (χ1) is 10.2. The van der Waals surface area contributed by atoms with Crippen LogP contribution < -0.4 is 5.32 Å². The van der Waals surface area contributed by atoms with Gasteiger partial charge in [0, 0.05) is 30.7 Å². The Morgan fingerprint density at radius 2 is 2.19 bits per heavy atom. The van der Waals surface area contributed by atoms with Crippen molar-refractivity contribution in [1.29, 1.82) is 0 Å². The smallest absolute Gasteiger partial charge is 0.239 e. The zero-order valence-corrected chi connectivity index (χ0v) is 11.9. The van der Waals surface area contributed by atoms with Gasteiger partial charge in [-0.25, -0.2) is 0 Å². The third-order valence-electron chi connectivity index (χ3n) is 3.36. The predicted molar refractivity (Wildman–Crippen MR) is 79.9 cm³/mol. The summed E-state index contributed by atoms with van der Waals surface area (Å²) in [4.78, 5) is 12.0. The van der Waals surface area contributed by atoms with E-state index in [9.17, 15) is 4.79 Å². The summed E-state index contributed by atoms with van der Waals surface area (Å²) in [5.74, 6) is 0.784. The van der Waals surface area contributed by atoms with Crippen molar-refractivity contribution >= 4 is 16.8 Å². The molecule has 0 bridgehead atoms. The molecule has 1 aromatic carbocycles. The fourth-order valence-electron chi connectivity index (χ4n) is 2.35. The van der Waals surface area contributed by atoms with Gasteiger partial charge in [0.15, 0.2) is 0 Å². The molecule has 1 amide bonds. The SMILES string of the molecule is Cc1cc(CCNC(=O)Cn2ccc3ccccc32)on1. The Balaban J connectivity index is 1.54. The first-order valence-corrected chi connectivity index (χ1v) is 6.95. The highest BCUT2D eigenvalue weighted by Crippen LogP contribution is 2.14. The molecule has 108 valence electrons. The highest BCUT2D eigenvalue weighted by molar-refractivity contribution is 5.83. The highest BCUT2D eigenvalue weighted by Gasteiger charge is 2.06. The van der Waals surface area contributed by atoms with E-state index in [4.69, 9.17) is 4.52 Å². The molecule has 2 aromatic heterocycles. The second-order valence-corrected chi connectivity index (χ2v) is 5.04. The standard InChI is InChI=1S/C16H17N3O2/c1-12-10-14(21-18-12)6-8-17-16(20)11-19-9-7-13-4-2-3-5-15(13)19/h2-5,7,9-10H,6,8,11H2,1H3,(H,17,20). The first kappa shape index (κ1) is 13.4. The third-order valence-corrected chi connectivity index (χ3v) is 3.36. The Kier molecular flexibility index (Phi) is 3.73. The Labute approximate surface area is 122 Å². The van der Waals surface area contributed by atoms with Gasteiger partial charge in [-0.2, -0.15) is 0 Å². The molecule has 0 saturated heterocycles. The molecular weight excluding hydrogens is 266 g/mol. The van der Waals surface area contributed by atoms with E-state index in [2.05, 4.69) is 10.5 Å². The van der Waals surface area contributed by atoms with Gasteiger partial charge >= 0.3 is 0 Å². The minimum Gasteiger partial charge on any atom is -0.361 e. The maximum atomic E-state index is 12.0. The van der Waals surface area contributed by atoms with Gasteiger partial charge in [-0.15, -0.1) is 0 Å². The Bertz CT molecular complexity index is 758. The average Bonchev–Trinajstić information content (AvgIpc) is 3.06. The molecule has 0 saturated carbocycles. The fraction of sp³-hybridized carbons (Fsp3) is 0.250. The van der Waals surface area contributed by atoms with Crippen molar-refractivity contribution in [2.45, 2.75) is 19.9 Å².